The molecule has 0 aliphatic carbocycles. The molecule has 0 saturated carbocycles. The summed E-state index contributed by atoms with van der Waals surface area (Å²) in [6.45, 7) is 9.00. The summed E-state index contributed by atoms with van der Waals surface area (Å²) in [7, 11) is 0. The van der Waals surface area contributed by atoms with Crippen molar-refractivity contribution in [3.8, 4) is 5.75 Å². The van der Waals surface area contributed by atoms with Gasteiger partial charge in [0.15, 0.2) is 0 Å². The first-order valence-electron chi connectivity index (χ1n) is 10.7. The first kappa shape index (κ1) is 21.6. The van der Waals surface area contributed by atoms with Gasteiger partial charge in [0.2, 0.25) is 0 Å². The van der Waals surface area contributed by atoms with Gasteiger partial charge in [-0.3, -0.25) is 14.5 Å². The van der Waals surface area contributed by atoms with E-state index in [1.807, 2.05) is 80.3 Å². The summed E-state index contributed by atoms with van der Waals surface area (Å²) < 4.78 is 5.73. The number of hydrogen-bond donors (Lipinski definition) is 0. The molecule has 0 spiro atoms. The Bertz CT molecular complexity index is 917. The molecule has 5 heteroatoms. The van der Waals surface area contributed by atoms with Gasteiger partial charge in [-0.2, -0.15) is 0 Å². The molecule has 2 aromatic rings. The van der Waals surface area contributed by atoms with Crippen LogP contribution >= 0.6 is 0 Å². The molecule has 1 heterocycles. The third-order valence-electron chi connectivity index (χ3n) is 5.05. The smallest absolute Gasteiger partial charge is 0.278 e. The molecule has 1 aliphatic rings. The maximum absolute atomic E-state index is 13.4. The molecule has 158 valence electrons. The lowest BCUT2D eigenvalue weighted by Gasteiger charge is -2.25. The van der Waals surface area contributed by atoms with Crippen molar-refractivity contribution in [3.05, 3.63) is 65.9 Å². The molecule has 0 aromatic heterocycles. The van der Waals surface area contributed by atoms with Crippen LogP contribution in [0.2, 0.25) is 0 Å². The Balaban J connectivity index is 2.08. The normalized spacial score (nSPS) is 14.1. The average Bonchev–Trinajstić information content (AvgIpc) is 2.98. The molecule has 1 aliphatic heterocycles. The number of hydrogen-bond acceptors (Lipinski definition) is 4. The molecule has 2 amide bonds. The van der Waals surface area contributed by atoms with Crippen LogP contribution in [-0.4, -0.2) is 35.9 Å². The summed E-state index contributed by atoms with van der Waals surface area (Å²) in [6, 6.07) is 17.2. The summed E-state index contributed by atoms with van der Waals surface area (Å²) in [5, 5.41) is 0. The zero-order valence-electron chi connectivity index (χ0n) is 18.2. The second-order valence-electron chi connectivity index (χ2n) is 7.61. The number of rotatable bonds is 9. The quantitative estimate of drug-likeness (QED) is 0.557. The molecular formula is C25H30N2O3. The van der Waals surface area contributed by atoms with Gasteiger partial charge in [-0.25, -0.2) is 0 Å². The molecule has 3 rings (SSSR count). The second kappa shape index (κ2) is 9.61. The fourth-order valence-electron chi connectivity index (χ4n) is 3.64. The number of carbonyl (C=O) groups excluding carboxylic acids is 2. The molecule has 0 radical (unpaired) electrons. The van der Waals surface area contributed by atoms with E-state index >= 15 is 0 Å². The Labute approximate surface area is 178 Å². The highest BCUT2D eigenvalue weighted by Crippen LogP contribution is 2.35. The molecule has 0 unspecified atom stereocenters. The Morgan fingerprint density at radius 1 is 0.933 bits per heavy atom. The van der Waals surface area contributed by atoms with Crippen LogP contribution in [0.5, 0.6) is 5.75 Å². The molecule has 5 nitrogen and oxygen atoms in total. The van der Waals surface area contributed by atoms with Gasteiger partial charge in [0.25, 0.3) is 11.8 Å². The third kappa shape index (κ3) is 4.40. The van der Waals surface area contributed by atoms with Gasteiger partial charge in [0.05, 0.1) is 11.7 Å². The van der Waals surface area contributed by atoms with Crippen molar-refractivity contribution < 1.29 is 14.3 Å². The number of unbranched alkanes of at least 4 members (excludes halogenated alkanes) is 1. The highest BCUT2D eigenvalue weighted by atomic mass is 16.5. The molecule has 0 bridgehead atoms. The Kier molecular flexibility index (Phi) is 6.93. The number of nitrogens with zero attached hydrogens (tertiary/aromatic N) is 2. The molecule has 30 heavy (non-hydrogen) atoms. The number of amides is 2. The van der Waals surface area contributed by atoms with Crippen LogP contribution in [0.1, 0.15) is 46.1 Å². The van der Waals surface area contributed by atoms with E-state index in [9.17, 15) is 9.59 Å². The van der Waals surface area contributed by atoms with E-state index in [0.29, 0.717) is 24.4 Å². The van der Waals surface area contributed by atoms with Crippen LogP contribution in [0.25, 0.3) is 5.57 Å². The lowest BCUT2D eigenvalue weighted by Crippen LogP contribution is -2.36. The highest BCUT2D eigenvalue weighted by molar-refractivity contribution is 6.36. The Morgan fingerprint density at radius 2 is 1.60 bits per heavy atom. The second-order valence-corrected chi connectivity index (χ2v) is 7.61. The van der Waals surface area contributed by atoms with Gasteiger partial charge in [-0.15, -0.1) is 0 Å². The summed E-state index contributed by atoms with van der Waals surface area (Å²) >= 11 is 0. The fraction of sp³-hybridized carbons (Fsp3) is 0.360. The molecule has 0 N–H and O–H groups in total. The van der Waals surface area contributed by atoms with Crippen LogP contribution in [0.15, 0.2) is 60.3 Å². The van der Waals surface area contributed by atoms with E-state index in [0.717, 1.165) is 29.8 Å². The third-order valence-corrected chi connectivity index (χ3v) is 5.05. The van der Waals surface area contributed by atoms with Crippen LogP contribution in [0, 0.1) is 0 Å². The molecule has 0 fully saturated rings. The summed E-state index contributed by atoms with van der Waals surface area (Å²) in [5.74, 6) is 0.290. The summed E-state index contributed by atoms with van der Waals surface area (Å²) in [4.78, 5) is 30.0. The van der Waals surface area contributed by atoms with Crippen molar-refractivity contribution in [1.29, 1.82) is 0 Å². The maximum atomic E-state index is 13.4. The van der Waals surface area contributed by atoms with Gasteiger partial charge in [-0.05, 0) is 57.0 Å². The molecular weight excluding hydrogens is 376 g/mol. The Morgan fingerprint density at radius 3 is 2.17 bits per heavy atom. The van der Waals surface area contributed by atoms with Crippen LogP contribution in [-0.2, 0) is 9.59 Å². The van der Waals surface area contributed by atoms with Crippen molar-refractivity contribution in [2.45, 2.75) is 46.6 Å². The van der Waals surface area contributed by atoms with E-state index in [-0.39, 0.29) is 17.9 Å². The Hall–Kier alpha value is -3.08. The summed E-state index contributed by atoms with van der Waals surface area (Å²) in [6.07, 6.45) is 1.77. The zero-order chi connectivity index (χ0) is 21.7. The van der Waals surface area contributed by atoms with Gasteiger partial charge in [-0.1, -0.05) is 43.7 Å². The number of likely N-dealkylation sites (N-methyl/N-ethyl adjacent to an activating group) is 1. The first-order chi connectivity index (χ1) is 14.5. The minimum Gasteiger partial charge on any atom is -0.491 e. The number of anilines is 1. The topological polar surface area (TPSA) is 49.9 Å². The van der Waals surface area contributed by atoms with E-state index in [4.69, 9.17) is 4.74 Å². The van der Waals surface area contributed by atoms with Gasteiger partial charge < -0.3 is 9.64 Å². The van der Waals surface area contributed by atoms with Crippen LogP contribution in [0.4, 0.5) is 5.69 Å². The first-order valence-corrected chi connectivity index (χ1v) is 10.7. The van der Waals surface area contributed by atoms with Gasteiger partial charge >= 0.3 is 0 Å². The van der Waals surface area contributed by atoms with Gasteiger partial charge in [0.1, 0.15) is 11.4 Å². The molecule has 0 saturated heterocycles. The summed E-state index contributed by atoms with van der Waals surface area (Å²) in [5.41, 5.74) is 2.53. The minimum atomic E-state index is -0.227. The van der Waals surface area contributed by atoms with E-state index in [2.05, 4.69) is 6.92 Å². The number of imide groups is 1. The largest absolute Gasteiger partial charge is 0.491 e. The number of para-hydroxylation sites is 1. The van der Waals surface area contributed by atoms with E-state index in [1.165, 1.54) is 4.90 Å². The minimum absolute atomic E-state index is 0.0681. The molecule has 0 atom stereocenters. The predicted octanol–water partition coefficient (Wildman–Crippen LogP) is 4.88. The number of ether oxygens (including phenoxy) is 1. The standard InChI is InChI=1S/C25H30N2O3/c1-5-7-17-27-24(28)22(19-13-15-21(16-14-19)30-18(3)4)23(25(27)29)26(6-2)20-11-9-8-10-12-20/h8-16,18H,5-7,17H2,1-4H3. The van der Waals surface area contributed by atoms with Crippen LogP contribution in [0.3, 0.4) is 0 Å². The van der Waals surface area contributed by atoms with Crippen molar-refractivity contribution in [2.75, 3.05) is 18.0 Å². The fourth-order valence-corrected chi connectivity index (χ4v) is 3.64. The lowest BCUT2D eigenvalue weighted by molar-refractivity contribution is -0.136. The van der Waals surface area contributed by atoms with E-state index < -0.39 is 0 Å². The van der Waals surface area contributed by atoms with Crippen molar-refractivity contribution in [2.24, 2.45) is 0 Å². The predicted molar refractivity (Wildman–Crippen MR) is 120 cm³/mol. The maximum Gasteiger partial charge on any atom is 0.278 e. The number of carbonyl (C=O) groups is 2. The van der Waals surface area contributed by atoms with Crippen LogP contribution < -0.4 is 9.64 Å². The van der Waals surface area contributed by atoms with Crippen molar-refractivity contribution >= 4 is 23.1 Å². The van der Waals surface area contributed by atoms with Crippen molar-refractivity contribution in [1.82, 2.24) is 4.90 Å². The highest BCUT2D eigenvalue weighted by Gasteiger charge is 2.41. The lowest BCUT2D eigenvalue weighted by atomic mass is 10.0. The monoisotopic (exact) mass is 406 g/mol. The average molecular weight is 407 g/mol. The molecule has 2 aromatic carbocycles. The van der Waals surface area contributed by atoms with Crippen molar-refractivity contribution in [3.63, 3.8) is 0 Å². The van der Waals surface area contributed by atoms with Gasteiger partial charge in [0, 0.05) is 18.8 Å². The SMILES string of the molecule is CCCCN1C(=O)C(c2ccc(OC(C)C)cc2)=C(N(CC)c2ccccc2)C1=O. The number of benzene rings is 2. The zero-order valence-corrected chi connectivity index (χ0v) is 18.2. The van der Waals surface area contributed by atoms with E-state index in [1.54, 1.807) is 0 Å².